The van der Waals surface area contributed by atoms with E-state index in [0.717, 1.165) is 24.9 Å². The molecular weight excluding hydrogens is 400 g/mol. The number of nitrogens with zero attached hydrogens (tertiary/aromatic N) is 1. The van der Waals surface area contributed by atoms with Gasteiger partial charge in [0.25, 0.3) is 5.91 Å². The second-order valence-corrected chi connectivity index (χ2v) is 7.94. The molecule has 1 heterocycles. The van der Waals surface area contributed by atoms with Crippen LogP contribution in [0.15, 0.2) is 48.5 Å². The molecule has 1 amide bonds. The van der Waals surface area contributed by atoms with Crippen molar-refractivity contribution in [3.8, 4) is 5.75 Å². The highest BCUT2D eigenvalue weighted by Crippen LogP contribution is 2.27. The Labute approximate surface area is 184 Å². The standard InChI is InChI=1S/C24H31ClN2O3/c1-26-13-7-2-3-8-15-29-20-11-12-21(22(25)17-20)24(28)27-14-16-30-23(18-27)19-9-5-4-6-10-19/h4-6,9-12,17,23,26H,2-3,7-8,13-16,18H2,1H3. The van der Waals surface area contributed by atoms with E-state index in [1.54, 1.807) is 12.1 Å². The van der Waals surface area contributed by atoms with Gasteiger partial charge in [-0.05, 0) is 50.2 Å². The molecule has 1 N–H and O–H groups in total. The quantitative estimate of drug-likeness (QED) is 0.554. The highest BCUT2D eigenvalue weighted by molar-refractivity contribution is 6.34. The molecule has 0 bridgehead atoms. The fourth-order valence-electron chi connectivity index (χ4n) is 3.58. The Hall–Kier alpha value is -2.08. The molecule has 1 atom stereocenters. The molecule has 0 aromatic heterocycles. The zero-order valence-electron chi connectivity index (χ0n) is 17.6. The van der Waals surface area contributed by atoms with Gasteiger partial charge in [-0.2, -0.15) is 0 Å². The molecule has 0 aliphatic carbocycles. The number of unbranched alkanes of at least 4 members (excludes halogenated alkanes) is 3. The molecular formula is C24H31ClN2O3. The maximum absolute atomic E-state index is 13.0. The maximum atomic E-state index is 13.0. The smallest absolute Gasteiger partial charge is 0.255 e. The summed E-state index contributed by atoms with van der Waals surface area (Å²) >= 11 is 6.43. The van der Waals surface area contributed by atoms with Crippen molar-refractivity contribution in [1.82, 2.24) is 10.2 Å². The van der Waals surface area contributed by atoms with Crippen LogP contribution in [0.25, 0.3) is 0 Å². The molecule has 1 saturated heterocycles. The molecule has 2 aromatic carbocycles. The van der Waals surface area contributed by atoms with Gasteiger partial charge in [-0.3, -0.25) is 4.79 Å². The van der Waals surface area contributed by atoms with Crippen molar-refractivity contribution in [2.45, 2.75) is 31.8 Å². The lowest BCUT2D eigenvalue weighted by molar-refractivity contribution is -0.0228. The number of carbonyl (C=O) groups excluding carboxylic acids is 1. The van der Waals surface area contributed by atoms with Gasteiger partial charge in [-0.15, -0.1) is 0 Å². The molecule has 1 aliphatic rings. The molecule has 30 heavy (non-hydrogen) atoms. The molecule has 0 radical (unpaired) electrons. The van der Waals surface area contributed by atoms with Crippen molar-refractivity contribution in [2.75, 3.05) is 39.9 Å². The van der Waals surface area contributed by atoms with Gasteiger partial charge >= 0.3 is 0 Å². The van der Waals surface area contributed by atoms with Gasteiger partial charge in [0.15, 0.2) is 0 Å². The second-order valence-electron chi connectivity index (χ2n) is 7.53. The van der Waals surface area contributed by atoms with Crippen molar-refractivity contribution < 1.29 is 14.3 Å². The van der Waals surface area contributed by atoms with Gasteiger partial charge < -0.3 is 19.7 Å². The first kappa shape index (κ1) is 22.6. The van der Waals surface area contributed by atoms with Gasteiger partial charge in [0, 0.05) is 6.54 Å². The molecule has 0 spiro atoms. The summed E-state index contributed by atoms with van der Waals surface area (Å²) in [7, 11) is 1.97. The van der Waals surface area contributed by atoms with Gasteiger partial charge in [0.1, 0.15) is 11.9 Å². The fraction of sp³-hybridized carbons (Fsp3) is 0.458. The van der Waals surface area contributed by atoms with Crippen LogP contribution in [0.3, 0.4) is 0 Å². The molecule has 1 unspecified atom stereocenters. The van der Waals surface area contributed by atoms with Crippen LogP contribution in [0.2, 0.25) is 5.02 Å². The number of halogens is 1. The third kappa shape index (κ3) is 6.46. The van der Waals surface area contributed by atoms with Crippen LogP contribution in [0.1, 0.15) is 47.7 Å². The molecule has 5 nitrogen and oxygen atoms in total. The first-order valence-electron chi connectivity index (χ1n) is 10.7. The van der Waals surface area contributed by atoms with E-state index in [9.17, 15) is 4.79 Å². The van der Waals surface area contributed by atoms with Crippen LogP contribution >= 0.6 is 11.6 Å². The lowest BCUT2D eigenvalue weighted by Crippen LogP contribution is -2.42. The zero-order valence-corrected chi connectivity index (χ0v) is 18.4. The number of amides is 1. The third-order valence-electron chi connectivity index (χ3n) is 5.29. The van der Waals surface area contributed by atoms with Crippen molar-refractivity contribution in [1.29, 1.82) is 0 Å². The van der Waals surface area contributed by atoms with E-state index in [1.807, 2.05) is 48.3 Å². The van der Waals surface area contributed by atoms with E-state index in [0.29, 0.717) is 42.6 Å². The Kier molecular flexibility index (Phi) is 9.00. The lowest BCUT2D eigenvalue weighted by atomic mass is 10.1. The highest BCUT2D eigenvalue weighted by Gasteiger charge is 2.27. The van der Waals surface area contributed by atoms with E-state index in [1.165, 1.54) is 12.8 Å². The van der Waals surface area contributed by atoms with Crippen LogP contribution in [0, 0.1) is 0 Å². The van der Waals surface area contributed by atoms with Crippen LogP contribution in [-0.4, -0.2) is 50.7 Å². The van der Waals surface area contributed by atoms with Crippen LogP contribution in [0.5, 0.6) is 5.75 Å². The van der Waals surface area contributed by atoms with Crippen molar-refractivity contribution >= 4 is 17.5 Å². The van der Waals surface area contributed by atoms with Gasteiger partial charge in [0.05, 0.1) is 30.3 Å². The normalized spacial score (nSPS) is 16.5. The minimum Gasteiger partial charge on any atom is -0.494 e. The molecule has 2 aromatic rings. The van der Waals surface area contributed by atoms with E-state index in [2.05, 4.69) is 5.32 Å². The Balaban J connectivity index is 1.52. The van der Waals surface area contributed by atoms with E-state index in [-0.39, 0.29) is 12.0 Å². The van der Waals surface area contributed by atoms with E-state index in [4.69, 9.17) is 21.1 Å². The van der Waals surface area contributed by atoms with Crippen molar-refractivity contribution in [2.24, 2.45) is 0 Å². The lowest BCUT2D eigenvalue weighted by Gasteiger charge is -2.33. The number of hydrogen-bond donors (Lipinski definition) is 1. The van der Waals surface area contributed by atoms with Crippen LogP contribution in [-0.2, 0) is 4.74 Å². The topological polar surface area (TPSA) is 50.8 Å². The van der Waals surface area contributed by atoms with Crippen LogP contribution < -0.4 is 10.1 Å². The summed E-state index contributed by atoms with van der Waals surface area (Å²) in [6.07, 6.45) is 4.43. The third-order valence-corrected chi connectivity index (χ3v) is 5.60. The predicted octanol–water partition coefficient (Wildman–Crippen LogP) is 4.71. The van der Waals surface area contributed by atoms with Crippen molar-refractivity contribution in [3.63, 3.8) is 0 Å². The second kappa shape index (κ2) is 11.9. The summed E-state index contributed by atoms with van der Waals surface area (Å²) in [5, 5.41) is 3.58. The molecule has 6 heteroatoms. The molecule has 0 saturated carbocycles. The fourth-order valence-corrected chi connectivity index (χ4v) is 3.83. The van der Waals surface area contributed by atoms with Gasteiger partial charge in [0.2, 0.25) is 0 Å². The number of morpholine rings is 1. The van der Waals surface area contributed by atoms with Gasteiger partial charge in [-0.25, -0.2) is 0 Å². The first-order chi connectivity index (χ1) is 14.7. The monoisotopic (exact) mass is 430 g/mol. The summed E-state index contributed by atoms with van der Waals surface area (Å²) in [4.78, 5) is 14.8. The van der Waals surface area contributed by atoms with E-state index >= 15 is 0 Å². The molecule has 3 rings (SSSR count). The summed E-state index contributed by atoms with van der Waals surface area (Å²) in [6.45, 7) is 3.31. The molecule has 162 valence electrons. The molecule has 1 fully saturated rings. The van der Waals surface area contributed by atoms with E-state index < -0.39 is 0 Å². The average molecular weight is 431 g/mol. The van der Waals surface area contributed by atoms with Crippen LogP contribution in [0.4, 0.5) is 0 Å². The number of rotatable bonds is 10. The average Bonchev–Trinajstić information content (AvgIpc) is 2.79. The minimum absolute atomic E-state index is 0.0692. The summed E-state index contributed by atoms with van der Waals surface area (Å²) < 4.78 is 11.7. The Morgan fingerprint density at radius 2 is 1.97 bits per heavy atom. The number of benzene rings is 2. The zero-order chi connectivity index (χ0) is 21.2. The Morgan fingerprint density at radius 1 is 1.17 bits per heavy atom. The number of nitrogens with one attached hydrogen (secondary N) is 1. The number of ether oxygens (including phenoxy) is 2. The van der Waals surface area contributed by atoms with Gasteiger partial charge in [-0.1, -0.05) is 54.8 Å². The SMILES string of the molecule is CNCCCCCCOc1ccc(C(=O)N2CCOC(c3ccccc3)C2)c(Cl)c1. The highest BCUT2D eigenvalue weighted by atomic mass is 35.5. The number of carbonyl (C=O) groups is 1. The predicted molar refractivity (Wildman–Crippen MR) is 120 cm³/mol. The molecule has 1 aliphatic heterocycles. The Morgan fingerprint density at radius 3 is 2.73 bits per heavy atom. The number of hydrogen-bond acceptors (Lipinski definition) is 4. The largest absolute Gasteiger partial charge is 0.494 e. The van der Waals surface area contributed by atoms with Crippen molar-refractivity contribution in [3.05, 3.63) is 64.7 Å². The summed E-state index contributed by atoms with van der Waals surface area (Å²) in [5.41, 5.74) is 1.58. The minimum atomic E-state index is -0.113. The first-order valence-corrected chi connectivity index (χ1v) is 11.1. The Bertz CT molecular complexity index is 800. The summed E-state index contributed by atoms with van der Waals surface area (Å²) in [5.74, 6) is 0.635. The summed E-state index contributed by atoms with van der Waals surface area (Å²) in [6, 6.07) is 15.3. The maximum Gasteiger partial charge on any atom is 0.255 e.